The highest BCUT2D eigenvalue weighted by Gasteiger charge is 2.15. The maximum Gasteiger partial charge on any atom is 0.203 e. The average molecular weight is 351 g/mol. The first-order chi connectivity index (χ1) is 12.6. The Labute approximate surface area is 152 Å². The number of para-hydroxylation sites is 1. The fourth-order valence-corrected chi connectivity index (χ4v) is 2.95. The number of aromatic nitrogens is 1. The standard InChI is InChI=1S/C21H21NO4/c1-13-6-5-7-16-14(12-22-20(13)16)8-9-17(23)15-10-18(24-2)21(26-4)19(11-15)25-3/h5-12,22H,1-4H3. The summed E-state index contributed by atoms with van der Waals surface area (Å²) in [6.07, 6.45) is 5.26. The average Bonchev–Trinajstić information content (AvgIpc) is 3.09. The quantitative estimate of drug-likeness (QED) is 0.528. The Morgan fingerprint density at radius 1 is 1.04 bits per heavy atom. The van der Waals surface area contributed by atoms with Gasteiger partial charge in [0.05, 0.1) is 21.3 Å². The Hall–Kier alpha value is -3.21. The van der Waals surface area contributed by atoms with Crippen LogP contribution in [0.5, 0.6) is 17.2 Å². The van der Waals surface area contributed by atoms with E-state index in [-0.39, 0.29) is 5.78 Å². The first-order valence-corrected chi connectivity index (χ1v) is 8.18. The van der Waals surface area contributed by atoms with Crippen LogP contribution >= 0.6 is 0 Å². The van der Waals surface area contributed by atoms with Crippen LogP contribution in [-0.4, -0.2) is 32.1 Å². The Balaban J connectivity index is 1.94. The van der Waals surface area contributed by atoms with Gasteiger partial charge in [0.2, 0.25) is 5.75 Å². The number of ketones is 1. The molecule has 3 aromatic rings. The van der Waals surface area contributed by atoms with Crippen molar-refractivity contribution >= 4 is 22.8 Å². The van der Waals surface area contributed by atoms with Crippen LogP contribution in [0.1, 0.15) is 21.5 Å². The molecular weight excluding hydrogens is 330 g/mol. The van der Waals surface area contributed by atoms with Gasteiger partial charge in [0.15, 0.2) is 17.3 Å². The third-order valence-electron chi connectivity index (χ3n) is 4.32. The Bertz CT molecular complexity index is 960. The van der Waals surface area contributed by atoms with Crippen molar-refractivity contribution < 1.29 is 19.0 Å². The molecule has 0 radical (unpaired) electrons. The van der Waals surface area contributed by atoms with E-state index in [1.165, 1.54) is 21.3 Å². The lowest BCUT2D eigenvalue weighted by molar-refractivity contribution is 0.104. The number of aryl methyl sites for hydroxylation is 1. The molecule has 26 heavy (non-hydrogen) atoms. The van der Waals surface area contributed by atoms with Gasteiger partial charge in [-0.1, -0.05) is 18.2 Å². The molecule has 0 saturated carbocycles. The summed E-state index contributed by atoms with van der Waals surface area (Å²) in [5.41, 5.74) is 3.67. The van der Waals surface area contributed by atoms with Gasteiger partial charge in [0.25, 0.3) is 0 Å². The summed E-state index contributed by atoms with van der Waals surface area (Å²) >= 11 is 0. The number of allylic oxidation sites excluding steroid dienone is 1. The van der Waals surface area contributed by atoms with Crippen molar-refractivity contribution in [3.05, 3.63) is 59.3 Å². The van der Waals surface area contributed by atoms with Gasteiger partial charge in [0.1, 0.15) is 0 Å². The first kappa shape index (κ1) is 17.6. The van der Waals surface area contributed by atoms with E-state index >= 15 is 0 Å². The molecule has 0 aliphatic heterocycles. The van der Waals surface area contributed by atoms with Crippen LogP contribution < -0.4 is 14.2 Å². The van der Waals surface area contributed by atoms with E-state index in [4.69, 9.17) is 14.2 Å². The van der Waals surface area contributed by atoms with E-state index in [1.54, 1.807) is 18.2 Å². The van der Waals surface area contributed by atoms with E-state index in [9.17, 15) is 4.79 Å². The fourth-order valence-electron chi connectivity index (χ4n) is 2.95. The summed E-state index contributed by atoms with van der Waals surface area (Å²) in [6, 6.07) is 9.38. The number of ether oxygens (including phenoxy) is 3. The number of methoxy groups -OCH3 is 3. The van der Waals surface area contributed by atoms with Gasteiger partial charge in [-0.05, 0) is 42.3 Å². The van der Waals surface area contributed by atoms with Crippen molar-refractivity contribution in [3.8, 4) is 17.2 Å². The summed E-state index contributed by atoms with van der Waals surface area (Å²) < 4.78 is 15.9. The summed E-state index contributed by atoms with van der Waals surface area (Å²) in [7, 11) is 4.58. The summed E-state index contributed by atoms with van der Waals surface area (Å²) in [5, 5.41) is 1.08. The molecule has 0 atom stereocenters. The van der Waals surface area contributed by atoms with Crippen molar-refractivity contribution in [3.63, 3.8) is 0 Å². The second-order valence-corrected chi connectivity index (χ2v) is 5.85. The lowest BCUT2D eigenvalue weighted by Gasteiger charge is -2.13. The number of benzene rings is 2. The van der Waals surface area contributed by atoms with Crippen molar-refractivity contribution in [1.82, 2.24) is 4.98 Å². The molecule has 1 heterocycles. The van der Waals surface area contributed by atoms with Gasteiger partial charge in [-0.25, -0.2) is 0 Å². The van der Waals surface area contributed by atoms with E-state index in [0.29, 0.717) is 22.8 Å². The molecule has 0 bridgehead atoms. The topological polar surface area (TPSA) is 60.6 Å². The molecule has 3 rings (SSSR count). The SMILES string of the molecule is COc1cc(C(=O)C=Cc2c[nH]c3c(C)cccc23)cc(OC)c1OC. The van der Waals surface area contributed by atoms with Crippen molar-refractivity contribution in [2.45, 2.75) is 6.92 Å². The molecule has 0 saturated heterocycles. The van der Waals surface area contributed by atoms with E-state index in [0.717, 1.165) is 22.0 Å². The van der Waals surface area contributed by atoms with Crippen molar-refractivity contribution in [2.24, 2.45) is 0 Å². The largest absolute Gasteiger partial charge is 0.493 e. The molecule has 0 amide bonds. The Morgan fingerprint density at radius 3 is 2.35 bits per heavy atom. The zero-order valence-corrected chi connectivity index (χ0v) is 15.3. The predicted molar refractivity (Wildman–Crippen MR) is 102 cm³/mol. The smallest absolute Gasteiger partial charge is 0.203 e. The predicted octanol–water partition coefficient (Wildman–Crippen LogP) is 4.40. The van der Waals surface area contributed by atoms with E-state index < -0.39 is 0 Å². The maximum absolute atomic E-state index is 12.6. The number of hydrogen-bond acceptors (Lipinski definition) is 4. The molecule has 5 nitrogen and oxygen atoms in total. The Morgan fingerprint density at radius 2 is 1.73 bits per heavy atom. The first-order valence-electron chi connectivity index (χ1n) is 8.18. The monoisotopic (exact) mass is 351 g/mol. The number of carbonyl (C=O) groups excluding carboxylic acids is 1. The minimum Gasteiger partial charge on any atom is -0.493 e. The second kappa shape index (κ2) is 7.35. The zero-order chi connectivity index (χ0) is 18.7. The van der Waals surface area contributed by atoms with Crippen molar-refractivity contribution in [2.75, 3.05) is 21.3 Å². The highest BCUT2D eigenvalue weighted by Crippen LogP contribution is 2.38. The highest BCUT2D eigenvalue weighted by atomic mass is 16.5. The molecular formula is C21H21NO4. The molecule has 0 spiro atoms. The number of nitrogens with one attached hydrogen (secondary N) is 1. The molecule has 0 fully saturated rings. The van der Waals surface area contributed by atoms with Crippen LogP contribution in [0, 0.1) is 6.92 Å². The lowest BCUT2D eigenvalue weighted by atomic mass is 10.1. The summed E-state index contributed by atoms with van der Waals surface area (Å²) in [5.74, 6) is 1.21. The number of rotatable bonds is 6. The van der Waals surface area contributed by atoms with Gasteiger partial charge >= 0.3 is 0 Å². The van der Waals surface area contributed by atoms with Gasteiger partial charge < -0.3 is 19.2 Å². The maximum atomic E-state index is 12.6. The van der Waals surface area contributed by atoms with Crippen LogP contribution in [0.15, 0.2) is 42.6 Å². The number of H-pyrrole nitrogens is 1. The third kappa shape index (κ3) is 3.16. The van der Waals surface area contributed by atoms with Crippen LogP contribution in [0.4, 0.5) is 0 Å². The molecule has 0 unspecified atom stereocenters. The normalized spacial score (nSPS) is 11.1. The minimum absolute atomic E-state index is 0.147. The zero-order valence-electron chi connectivity index (χ0n) is 15.3. The minimum atomic E-state index is -0.147. The molecule has 2 aromatic carbocycles. The second-order valence-electron chi connectivity index (χ2n) is 5.85. The van der Waals surface area contributed by atoms with E-state index in [2.05, 4.69) is 4.98 Å². The van der Waals surface area contributed by atoms with Gasteiger partial charge in [-0.3, -0.25) is 4.79 Å². The van der Waals surface area contributed by atoms with Gasteiger partial charge in [0, 0.05) is 22.7 Å². The summed E-state index contributed by atoms with van der Waals surface area (Å²) in [4.78, 5) is 15.9. The van der Waals surface area contributed by atoms with E-state index in [1.807, 2.05) is 37.4 Å². The van der Waals surface area contributed by atoms with Crippen LogP contribution in [0.25, 0.3) is 17.0 Å². The number of aromatic amines is 1. The molecule has 0 aliphatic rings. The fraction of sp³-hybridized carbons (Fsp3) is 0.190. The number of carbonyl (C=O) groups is 1. The van der Waals surface area contributed by atoms with Crippen LogP contribution in [-0.2, 0) is 0 Å². The Kier molecular flexibility index (Phi) is 4.98. The van der Waals surface area contributed by atoms with Gasteiger partial charge in [-0.2, -0.15) is 0 Å². The molecule has 134 valence electrons. The summed E-state index contributed by atoms with van der Waals surface area (Å²) in [6.45, 7) is 2.05. The molecule has 1 N–H and O–H groups in total. The third-order valence-corrected chi connectivity index (χ3v) is 4.32. The molecule has 5 heteroatoms. The lowest BCUT2D eigenvalue weighted by Crippen LogP contribution is -2.00. The molecule has 0 aliphatic carbocycles. The van der Waals surface area contributed by atoms with Crippen LogP contribution in [0.2, 0.25) is 0 Å². The van der Waals surface area contributed by atoms with Gasteiger partial charge in [-0.15, -0.1) is 0 Å². The number of fused-ring (bicyclic) bond motifs is 1. The molecule has 1 aromatic heterocycles. The number of hydrogen-bond donors (Lipinski definition) is 1. The van der Waals surface area contributed by atoms with Crippen molar-refractivity contribution in [1.29, 1.82) is 0 Å². The highest BCUT2D eigenvalue weighted by molar-refractivity contribution is 6.08. The van der Waals surface area contributed by atoms with Crippen LogP contribution in [0.3, 0.4) is 0 Å².